The lowest BCUT2D eigenvalue weighted by atomic mass is 10.0. The van der Waals surface area contributed by atoms with Crippen LogP contribution in [0, 0.1) is 11.7 Å². The van der Waals surface area contributed by atoms with E-state index >= 15 is 0 Å². The summed E-state index contributed by atoms with van der Waals surface area (Å²) in [5, 5.41) is 5.50. The number of halogens is 1. The highest BCUT2D eigenvalue weighted by Gasteiger charge is 2.25. The van der Waals surface area contributed by atoms with Crippen molar-refractivity contribution in [3.8, 4) is 11.5 Å². The minimum atomic E-state index is -0.754. The first-order chi connectivity index (χ1) is 12.9. The Labute approximate surface area is 156 Å². The van der Waals surface area contributed by atoms with Crippen LogP contribution in [0.5, 0.6) is 11.5 Å². The number of anilines is 1. The van der Waals surface area contributed by atoms with Crippen LogP contribution in [0.1, 0.15) is 24.2 Å². The van der Waals surface area contributed by atoms with Gasteiger partial charge in [0.1, 0.15) is 25.1 Å². The van der Waals surface area contributed by atoms with E-state index in [9.17, 15) is 14.0 Å². The van der Waals surface area contributed by atoms with Gasteiger partial charge in [-0.05, 0) is 42.3 Å². The van der Waals surface area contributed by atoms with Gasteiger partial charge in [0.25, 0.3) is 5.91 Å². The highest BCUT2D eigenvalue weighted by atomic mass is 19.1. The Kier molecular flexibility index (Phi) is 5.59. The van der Waals surface area contributed by atoms with Gasteiger partial charge in [-0.1, -0.05) is 13.8 Å². The summed E-state index contributed by atoms with van der Waals surface area (Å²) in [4.78, 5) is 25.1. The fraction of sp³-hybridized carbons (Fsp3) is 0.300. The van der Waals surface area contributed by atoms with Crippen LogP contribution in [0.15, 0.2) is 42.5 Å². The molecule has 0 saturated carbocycles. The topological polar surface area (TPSA) is 76.7 Å². The number of amides is 2. The molecule has 6 nitrogen and oxygen atoms in total. The number of ether oxygens (including phenoxy) is 2. The van der Waals surface area contributed by atoms with E-state index in [1.54, 1.807) is 18.2 Å². The Bertz CT molecular complexity index is 836. The number of rotatable bonds is 5. The van der Waals surface area contributed by atoms with Crippen molar-refractivity contribution in [3.63, 3.8) is 0 Å². The maximum absolute atomic E-state index is 13.0. The number of hydrogen-bond donors (Lipinski definition) is 2. The van der Waals surface area contributed by atoms with Crippen LogP contribution in [0.25, 0.3) is 0 Å². The van der Waals surface area contributed by atoms with E-state index < -0.39 is 17.8 Å². The molecule has 0 fully saturated rings. The summed E-state index contributed by atoms with van der Waals surface area (Å²) >= 11 is 0. The first kappa shape index (κ1) is 18.7. The molecule has 0 saturated heterocycles. The first-order valence-corrected chi connectivity index (χ1v) is 8.71. The average Bonchev–Trinajstić information content (AvgIpc) is 2.66. The highest BCUT2D eigenvalue weighted by Crippen LogP contribution is 2.32. The summed E-state index contributed by atoms with van der Waals surface area (Å²) in [6, 6.07) is 9.53. The number of carbonyl (C=O) groups is 2. The van der Waals surface area contributed by atoms with Crippen LogP contribution in [0.4, 0.5) is 10.1 Å². The summed E-state index contributed by atoms with van der Waals surface area (Å²) in [6.45, 7) is 4.61. The third-order valence-electron chi connectivity index (χ3n) is 4.15. The molecule has 7 heteroatoms. The van der Waals surface area contributed by atoms with Crippen molar-refractivity contribution in [2.24, 2.45) is 5.92 Å². The Morgan fingerprint density at radius 1 is 1.00 bits per heavy atom. The molecule has 0 bridgehead atoms. The SMILES string of the molecule is CC(C)[C@H](NC(=O)c1ccc(F)cc1)C(=O)Nc1ccc2c(c1)OCCO2. The lowest BCUT2D eigenvalue weighted by molar-refractivity contribution is -0.118. The first-order valence-electron chi connectivity index (χ1n) is 8.71. The van der Waals surface area contributed by atoms with Crippen molar-refractivity contribution in [1.29, 1.82) is 0 Å². The van der Waals surface area contributed by atoms with E-state index in [1.165, 1.54) is 24.3 Å². The number of fused-ring (bicyclic) bond motifs is 1. The summed E-state index contributed by atoms with van der Waals surface area (Å²) in [6.07, 6.45) is 0. The van der Waals surface area contributed by atoms with Crippen LogP contribution in [-0.4, -0.2) is 31.1 Å². The predicted molar refractivity (Wildman–Crippen MR) is 98.6 cm³/mol. The largest absolute Gasteiger partial charge is 0.486 e. The molecule has 2 N–H and O–H groups in total. The van der Waals surface area contributed by atoms with E-state index in [2.05, 4.69) is 10.6 Å². The molecule has 1 heterocycles. The Morgan fingerprint density at radius 3 is 2.33 bits per heavy atom. The smallest absolute Gasteiger partial charge is 0.251 e. The molecule has 1 aliphatic rings. The van der Waals surface area contributed by atoms with E-state index in [-0.39, 0.29) is 17.4 Å². The maximum atomic E-state index is 13.0. The Balaban J connectivity index is 1.70. The zero-order chi connectivity index (χ0) is 19.4. The van der Waals surface area contributed by atoms with E-state index in [0.717, 1.165) is 0 Å². The summed E-state index contributed by atoms with van der Waals surface area (Å²) in [5.41, 5.74) is 0.833. The molecule has 2 amide bonds. The van der Waals surface area contributed by atoms with Crippen molar-refractivity contribution < 1.29 is 23.5 Å². The molecule has 0 aromatic heterocycles. The molecule has 27 heavy (non-hydrogen) atoms. The van der Waals surface area contributed by atoms with Crippen LogP contribution >= 0.6 is 0 Å². The molecular weight excluding hydrogens is 351 g/mol. The average molecular weight is 372 g/mol. The third-order valence-corrected chi connectivity index (χ3v) is 4.15. The summed E-state index contributed by atoms with van der Waals surface area (Å²) in [7, 11) is 0. The van der Waals surface area contributed by atoms with Crippen molar-refractivity contribution in [3.05, 3.63) is 53.8 Å². The van der Waals surface area contributed by atoms with Gasteiger partial charge in [0, 0.05) is 17.3 Å². The number of carbonyl (C=O) groups excluding carboxylic acids is 2. The molecule has 1 atom stereocenters. The van der Waals surface area contributed by atoms with E-state index in [1.807, 2.05) is 13.8 Å². The fourth-order valence-electron chi connectivity index (χ4n) is 2.70. The molecular formula is C20H21FN2O4. The molecule has 0 spiro atoms. The minimum Gasteiger partial charge on any atom is -0.486 e. The van der Waals surface area contributed by atoms with Crippen molar-refractivity contribution >= 4 is 17.5 Å². The molecule has 0 radical (unpaired) electrons. The standard InChI is InChI=1S/C20H21FN2O4/c1-12(2)18(23-19(24)13-3-5-14(21)6-4-13)20(25)22-15-7-8-16-17(11-15)27-10-9-26-16/h3-8,11-12,18H,9-10H2,1-2H3,(H,22,25)(H,23,24)/t18-/m0/s1. The molecule has 2 aromatic rings. The van der Waals surface area contributed by atoms with Gasteiger partial charge < -0.3 is 20.1 Å². The molecule has 3 rings (SSSR count). The fourth-order valence-corrected chi connectivity index (χ4v) is 2.70. The highest BCUT2D eigenvalue weighted by molar-refractivity contribution is 6.01. The molecule has 0 aliphatic carbocycles. The maximum Gasteiger partial charge on any atom is 0.251 e. The van der Waals surface area contributed by atoms with Gasteiger partial charge in [-0.25, -0.2) is 4.39 Å². The van der Waals surface area contributed by atoms with E-state index in [0.29, 0.717) is 30.4 Å². The van der Waals surface area contributed by atoms with Gasteiger partial charge in [-0.15, -0.1) is 0 Å². The minimum absolute atomic E-state index is 0.147. The van der Waals surface area contributed by atoms with Crippen molar-refractivity contribution in [2.75, 3.05) is 18.5 Å². The quantitative estimate of drug-likeness (QED) is 0.846. The van der Waals surface area contributed by atoms with Crippen LogP contribution in [0.2, 0.25) is 0 Å². The number of nitrogens with one attached hydrogen (secondary N) is 2. The number of benzene rings is 2. The summed E-state index contributed by atoms with van der Waals surface area (Å²) < 4.78 is 24.0. The zero-order valence-electron chi connectivity index (χ0n) is 15.1. The second-order valence-corrected chi connectivity index (χ2v) is 6.55. The second kappa shape index (κ2) is 8.07. The molecule has 1 aliphatic heterocycles. The number of hydrogen-bond acceptors (Lipinski definition) is 4. The van der Waals surface area contributed by atoms with Gasteiger partial charge >= 0.3 is 0 Å². The van der Waals surface area contributed by atoms with Crippen LogP contribution in [-0.2, 0) is 4.79 Å². The molecule has 2 aromatic carbocycles. The zero-order valence-corrected chi connectivity index (χ0v) is 15.1. The summed E-state index contributed by atoms with van der Waals surface area (Å²) in [5.74, 6) is -0.169. The second-order valence-electron chi connectivity index (χ2n) is 6.55. The predicted octanol–water partition coefficient (Wildman–Crippen LogP) is 2.99. The van der Waals surface area contributed by atoms with Gasteiger partial charge in [0.05, 0.1) is 0 Å². The van der Waals surface area contributed by atoms with Gasteiger partial charge in [0.2, 0.25) is 5.91 Å². The lowest BCUT2D eigenvalue weighted by Gasteiger charge is -2.23. The van der Waals surface area contributed by atoms with Gasteiger partial charge in [-0.3, -0.25) is 9.59 Å². The van der Waals surface area contributed by atoms with E-state index in [4.69, 9.17) is 9.47 Å². The normalized spacial score (nSPS) is 13.8. The Morgan fingerprint density at radius 2 is 1.67 bits per heavy atom. The monoisotopic (exact) mass is 372 g/mol. The third kappa shape index (κ3) is 4.55. The van der Waals surface area contributed by atoms with Gasteiger partial charge in [-0.2, -0.15) is 0 Å². The van der Waals surface area contributed by atoms with Crippen molar-refractivity contribution in [1.82, 2.24) is 5.32 Å². The molecule has 0 unspecified atom stereocenters. The van der Waals surface area contributed by atoms with Crippen LogP contribution < -0.4 is 20.1 Å². The van der Waals surface area contributed by atoms with Crippen molar-refractivity contribution in [2.45, 2.75) is 19.9 Å². The lowest BCUT2D eigenvalue weighted by Crippen LogP contribution is -2.47. The van der Waals surface area contributed by atoms with Crippen LogP contribution in [0.3, 0.4) is 0 Å². The molecule has 142 valence electrons. The van der Waals surface area contributed by atoms with Gasteiger partial charge in [0.15, 0.2) is 11.5 Å². The Hall–Kier alpha value is -3.09.